The number of benzene rings is 1. The summed E-state index contributed by atoms with van der Waals surface area (Å²) in [6, 6.07) is 12.4. The van der Waals surface area contributed by atoms with Crippen LogP contribution in [0.5, 0.6) is 0 Å². The highest BCUT2D eigenvalue weighted by Crippen LogP contribution is 2.22. The molecule has 0 spiro atoms. The van der Waals surface area contributed by atoms with Gasteiger partial charge in [-0.05, 0) is 25.1 Å². The summed E-state index contributed by atoms with van der Waals surface area (Å²) in [7, 11) is 1.96. The average Bonchev–Trinajstić information content (AvgIpc) is 2.68. The van der Waals surface area contributed by atoms with Crippen molar-refractivity contribution in [3.8, 4) is 11.3 Å². The normalized spacial score (nSPS) is 10.9. The van der Waals surface area contributed by atoms with Crippen LogP contribution in [0.3, 0.4) is 0 Å². The Morgan fingerprint density at radius 1 is 1.12 bits per heavy atom. The van der Waals surface area contributed by atoms with E-state index in [2.05, 4.69) is 28.3 Å². The van der Waals surface area contributed by atoms with E-state index in [1.165, 1.54) is 0 Å². The van der Waals surface area contributed by atoms with Gasteiger partial charge in [-0.3, -0.25) is 9.67 Å². The van der Waals surface area contributed by atoms with E-state index in [0.717, 1.165) is 27.9 Å². The van der Waals surface area contributed by atoms with E-state index in [4.69, 9.17) is 0 Å². The van der Waals surface area contributed by atoms with Crippen LogP contribution in [-0.2, 0) is 7.05 Å². The lowest BCUT2D eigenvalue weighted by atomic mass is 10.1. The maximum atomic E-state index is 4.47. The molecule has 0 atom stereocenters. The lowest BCUT2D eigenvalue weighted by Gasteiger charge is -2.03. The van der Waals surface area contributed by atoms with Crippen LogP contribution in [0.1, 0.15) is 5.69 Å². The van der Waals surface area contributed by atoms with Crippen molar-refractivity contribution in [2.45, 2.75) is 6.92 Å². The Bertz CT molecular complexity index is 683. The van der Waals surface area contributed by atoms with Crippen LogP contribution in [-0.4, -0.2) is 14.8 Å². The highest BCUT2D eigenvalue weighted by Gasteiger charge is 2.06. The highest BCUT2D eigenvalue weighted by molar-refractivity contribution is 5.82. The zero-order valence-corrected chi connectivity index (χ0v) is 9.88. The Kier molecular flexibility index (Phi) is 2.18. The summed E-state index contributed by atoms with van der Waals surface area (Å²) in [6.07, 6.45) is 1.90. The smallest absolute Gasteiger partial charge is 0.0702 e. The molecule has 3 heteroatoms. The molecule has 0 amide bonds. The molecular formula is C14H13N3. The van der Waals surface area contributed by atoms with Gasteiger partial charge in [0.25, 0.3) is 0 Å². The van der Waals surface area contributed by atoms with Crippen molar-refractivity contribution in [3.63, 3.8) is 0 Å². The first kappa shape index (κ1) is 10.0. The third-order valence-corrected chi connectivity index (χ3v) is 2.89. The summed E-state index contributed by atoms with van der Waals surface area (Å²) in [6.45, 7) is 2.00. The molecule has 0 radical (unpaired) electrons. The number of pyridine rings is 1. The fourth-order valence-electron chi connectivity index (χ4n) is 2.09. The molecule has 2 aromatic heterocycles. The predicted octanol–water partition coefficient (Wildman–Crippen LogP) is 2.94. The van der Waals surface area contributed by atoms with Gasteiger partial charge in [0.1, 0.15) is 0 Å². The number of aromatic nitrogens is 3. The van der Waals surface area contributed by atoms with E-state index in [1.54, 1.807) is 0 Å². The van der Waals surface area contributed by atoms with Gasteiger partial charge in [0.05, 0.1) is 16.9 Å². The number of rotatable bonds is 1. The zero-order valence-electron chi connectivity index (χ0n) is 9.88. The first-order chi connectivity index (χ1) is 8.24. The maximum Gasteiger partial charge on any atom is 0.0702 e. The standard InChI is InChI=1S/C14H13N3/c1-10-7-14(17(2)16-10)12-8-11-5-3-4-6-13(11)15-9-12/h3-9H,1-2H3. The molecule has 0 aliphatic carbocycles. The number of hydrogen-bond acceptors (Lipinski definition) is 2. The lowest BCUT2D eigenvalue weighted by Crippen LogP contribution is -1.94. The summed E-state index contributed by atoms with van der Waals surface area (Å²) in [5, 5.41) is 5.51. The van der Waals surface area contributed by atoms with Crippen molar-refractivity contribution in [1.82, 2.24) is 14.8 Å². The van der Waals surface area contributed by atoms with Crippen LogP contribution in [0.15, 0.2) is 42.6 Å². The van der Waals surface area contributed by atoms with Gasteiger partial charge in [-0.2, -0.15) is 5.10 Å². The maximum absolute atomic E-state index is 4.47. The molecule has 0 N–H and O–H groups in total. The van der Waals surface area contributed by atoms with Gasteiger partial charge in [0.15, 0.2) is 0 Å². The van der Waals surface area contributed by atoms with Gasteiger partial charge < -0.3 is 0 Å². The van der Waals surface area contributed by atoms with Crippen molar-refractivity contribution in [2.75, 3.05) is 0 Å². The molecule has 0 unspecified atom stereocenters. The molecule has 0 aliphatic rings. The lowest BCUT2D eigenvalue weighted by molar-refractivity contribution is 0.764. The fourth-order valence-corrected chi connectivity index (χ4v) is 2.09. The number of para-hydroxylation sites is 1. The second kappa shape index (κ2) is 3.70. The predicted molar refractivity (Wildman–Crippen MR) is 68.7 cm³/mol. The van der Waals surface area contributed by atoms with Crippen LogP contribution in [0.4, 0.5) is 0 Å². The Balaban J connectivity index is 2.21. The van der Waals surface area contributed by atoms with Gasteiger partial charge in [0.2, 0.25) is 0 Å². The second-order valence-electron chi connectivity index (χ2n) is 4.21. The third kappa shape index (κ3) is 1.69. The largest absolute Gasteiger partial charge is 0.268 e. The first-order valence-corrected chi connectivity index (χ1v) is 5.60. The number of nitrogens with zero attached hydrogens (tertiary/aromatic N) is 3. The van der Waals surface area contributed by atoms with Crippen LogP contribution in [0.25, 0.3) is 22.2 Å². The molecule has 17 heavy (non-hydrogen) atoms. The van der Waals surface area contributed by atoms with Gasteiger partial charge in [-0.1, -0.05) is 18.2 Å². The summed E-state index contributed by atoms with van der Waals surface area (Å²) in [4.78, 5) is 4.47. The van der Waals surface area contributed by atoms with E-state index in [0.29, 0.717) is 0 Å². The molecule has 0 bridgehead atoms. The quantitative estimate of drug-likeness (QED) is 0.635. The van der Waals surface area contributed by atoms with Crippen molar-refractivity contribution in [1.29, 1.82) is 0 Å². The van der Waals surface area contributed by atoms with E-state index in [1.807, 2.05) is 43.0 Å². The van der Waals surface area contributed by atoms with Crippen molar-refractivity contribution in [2.24, 2.45) is 7.05 Å². The fraction of sp³-hybridized carbons (Fsp3) is 0.143. The molecule has 84 valence electrons. The van der Waals surface area contributed by atoms with Gasteiger partial charge in [-0.25, -0.2) is 0 Å². The average molecular weight is 223 g/mol. The summed E-state index contributed by atoms with van der Waals surface area (Å²) in [5.41, 5.74) is 4.25. The molecule has 1 aromatic carbocycles. The van der Waals surface area contributed by atoms with E-state index >= 15 is 0 Å². The summed E-state index contributed by atoms with van der Waals surface area (Å²) >= 11 is 0. The number of aryl methyl sites for hydroxylation is 2. The topological polar surface area (TPSA) is 30.7 Å². The minimum Gasteiger partial charge on any atom is -0.268 e. The first-order valence-electron chi connectivity index (χ1n) is 5.60. The number of hydrogen-bond donors (Lipinski definition) is 0. The molecule has 0 saturated carbocycles. The molecular weight excluding hydrogens is 210 g/mol. The van der Waals surface area contributed by atoms with Crippen LogP contribution in [0, 0.1) is 6.92 Å². The highest BCUT2D eigenvalue weighted by atomic mass is 15.3. The molecule has 3 nitrogen and oxygen atoms in total. The van der Waals surface area contributed by atoms with Crippen LogP contribution in [0.2, 0.25) is 0 Å². The minimum atomic E-state index is 1.02. The van der Waals surface area contributed by atoms with E-state index in [-0.39, 0.29) is 0 Å². The van der Waals surface area contributed by atoms with Crippen molar-refractivity contribution in [3.05, 3.63) is 48.3 Å². The van der Waals surface area contributed by atoms with Gasteiger partial charge >= 0.3 is 0 Å². The monoisotopic (exact) mass is 223 g/mol. The molecule has 0 aliphatic heterocycles. The SMILES string of the molecule is Cc1cc(-c2cnc3ccccc3c2)n(C)n1. The van der Waals surface area contributed by atoms with Crippen molar-refractivity contribution < 1.29 is 0 Å². The second-order valence-corrected chi connectivity index (χ2v) is 4.21. The van der Waals surface area contributed by atoms with E-state index in [9.17, 15) is 0 Å². The third-order valence-electron chi connectivity index (χ3n) is 2.89. The molecule has 3 rings (SSSR count). The Hall–Kier alpha value is -2.16. The Morgan fingerprint density at radius 2 is 1.94 bits per heavy atom. The molecule has 0 saturated heterocycles. The van der Waals surface area contributed by atoms with Gasteiger partial charge in [0, 0.05) is 24.2 Å². The molecule has 0 fully saturated rings. The zero-order chi connectivity index (χ0) is 11.8. The van der Waals surface area contributed by atoms with Crippen LogP contribution >= 0.6 is 0 Å². The number of fused-ring (bicyclic) bond motifs is 1. The van der Waals surface area contributed by atoms with E-state index < -0.39 is 0 Å². The molecule has 3 aromatic rings. The summed E-state index contributed by atoms with van der Waals surface area (Å²) in [5.74, 6) is 0. The van der Waals surface area contributed by atoms with Crippen molar-refractivity contribution >= 4 is 10.9 Å². The Labute approximate surface area is 99.7 Å². The Morgan fingerprint density at radius 3 is 2.71 bits per heavy atom. The summed E-state index contributed by atoms with van der Waals surface area (Å²) < 4.78 is 1.89. The van der Waals surface area contributed by atoms with Gasteiger partial charge in [-0.15, -0.1) is 0 Å². The minimum absolute atomic E-state index is 1.02. The molecule has 2 heterocycles. The van der Waals surface area contributed by atoms with Crippen LogP contribution < -0.4 is 0 Å².